The van der Waals surface area contributed by atoms with Crippen molar-refractivity contribution in [2.24, 2.45) is 5.73 Å². The standard InChI is InChI=1S/C25H27Cl2N7O3S/c1-38(36,37)8-6-20(24-31-19-5-4-14(26)9-22(19)33-24)32-23-17-10-18(27)16(11-21(17)29-13-30-23)25(35)34-7-2-3-15(34)12-28/h4-5,9-11,13,15,20H,2-3,6-8,12,28H2,1H3,(H,31,33)(H,29,30,32)/t15-,20?/m1/s1. The number of aromatic amines is 1. The summed E-state index contributed by atoms with van der Waals surface area (Å²) in [6.07, 6.45) is 4.58. The molecule has 1 aliphatic heterocycles. The van der Waals surface area contributed by atoms with Crippen molar-refractivity contribution in [3.63, 3.8) is 0 Å². The lowest BCUT2D eigenvalue weighted by atomic mass is 10.1. The van der Waals surface area contributed by atoms with Gasteiger partial charge in [-0.2, -0.15) is 0 Å². The van der Waals surface area contributed by atoms with Gasteiger partial charge >= 0.3 is 0 Å². The van der Waals surface area contributed by atoms with Crippen molar-refractivity contribution in [1.82, 2.24) is 24.8 Å². The molecule has 200 valence electrons. The van der Waals surface area contributed by atoms with Crippen LogP contribution in [0.5, 0.6) is 0 Å². The fraction of sp³-hybridized carbons (Fsp3) is 0.360. The molecule has 0 bridgehead atoms. The van der Waals surface area contributed by atoms with Crippen LogP contribution in [-0.2, 0) is 9.84 Å². The number of aromatic nitrogens is 4. The van der Waals surface area contributed by atoms with Crippen LogP contribution >= 0.6 is 23.2 Å². The van der Waals surface area contributed by atoms with Gasteiger partial charge in [-0.05, 0) is 49.6 Å². The van der Waals surface area contributed by atoms with Crippen molar-refractivity contribution in [1.29, 1.82) is 0 Å². The molecule has 5 rings (SSSR count). The van der Waals surface area contributed by atoms with Crippen molar-refractivity contribution >= 4 is 66.7 Å². The summed E-state index contributed by atoms with van der Waals surface area (Å²) in [5.74, 6) is 0.736. The van der Waals surface area contributed by atoms with E-state index in [-0.39, 0.29) is 29.1 Å². The minimum Gasteiger partial charge on any atom is -0.359 e. The van der Waals surface area contributed by atoms with Crippen LogP contribution in [0.1, 0.15) is 41.5 Å². The normalized spacial score (nSPS) is 16.8. The van der Waals surface area contributed by atoms with E-state index in [0.29, 0.717) is 51.7 Å². The molecule has 0 radical (unpaired) electrons. The van der Waals surface area contributed by atoms with Crippen LogP contribution in [0.25, 0.3) is 21.9 Å². The van der Waals surface area contributed by atoms with E-state index >= 15 is 0 Å². The quantitative estimate of drug-likeness (QED) is 0.286. The van der Waals surface area contributed by atoms with Crippen molar-refractivity contribution in [3.05, 3.63) is 58.1 Å². The van der Waals surface area contributed by atoms with Crippen LogP contribution in [0.2, 0.25) is 10.0 Å². The maximum Gasteiger partial charge on any atom is 0.255 e. The Bertz CT molecular complexity index is 1630. The van der Waals surface area contributed by atoms with Gasteiger partial charge in [-0.1, -0.05) is 23.2 Å². The van der Waals surface area contributed by atoms with Gasteiger partial charge in [0.25, 0.3) is 5.91 Å². The van der Waals surface area contributed by atoms with Crippen LogP contribution in [0.15, 0.2) is 36.7 Å². The number of amides is 1. The lowest BCUT2D eigenvalue weighted by Crippen LogP contribution is -2.40. The molecule has 2 atom stereocenters. The van der Waals surface area contributed by atoms with Crippen molar-refractivity contribution < 1.29 is 13.2 Å². The SMILES string of the molecule is CS(=O)(=O)CCC(Nc1ncnc2cc(C(=O)N3CCC[C@@H]3CN)c(Cl)cc12)c1nc2ccc(Cl)cc2[nH]1. The molecule has 1 amide bonds. The Balaban J connectivity index is 1.50. The highest BCUT2D eigenvalue weighted by Gasteiger charge is 2.30. The Morgan fingerprint density at radius 2 is 2.05 bits per heavy atom. The third-order valence-electron chi connectivity index (χ3n) is 6.75. The number of imidazole rings is 1. The van der Waals surface area contributed by atoms with E-state index in [1.165, 1.54) is 12.6 Å². The van der Waals surface area contributed by atoms with Crippen molar-refractivity contribution in [2.45, 2.75) is 31.3 Å². The second-order valence-electron chi connectivity index (χ2n) is 9.50. The van der Waals surface area contributed by atoms with E-state index in [9.17, 15) is 13.2 Å². The number of nitrogens with zero attached hydrogens (tertiary/aromatic N) is 4. The summed E-state index contributed by atoms with van der Waals surface area (Å²) in [7, 11) is -3.24. The molecule has 13 heteroatoms. The van der Waals surface area contributed by atoms with E-state index in [0.717, 1.165) is 18.4 Å². The molecule has 0 aliphatic carbocycles. The molecule has 1 saturated heterocycles. The first-order chi connectivity index (χ1) is 18.1. The highest BCUT2D eigenvalue weighted by atomic mass is 35.5. The van der Waals surface area contributed by atoms with E-state index < -0.39 is 15.9 Å². The molecule has 1 unspecified atom stereocenters. The first kappa shape index (κ1) is 26.6. The van der Waals surface area contributed by atoms with E-state index in [4.69, 9.17) is 28.9 Å². The Hall–Kier alpha value is -2.99. The van der Waals surface area contributed by atoms with Gasteiger partial charge in [-0.3, -0.25) is 4.79 Å². The van der Waals surface area contributed by atoms with Gasteiger partial charge in [0.2, 0.25) is 0 Å². The number of carbonyl (C=O) groups is 1. The molecule has 2 aromatic carbocycles. The minimum atomic E-state index is -3.24. The van der Waals surface area contributed by atoms with Gasteiger partial charge in [0.1, 0.15) is 27.8 Å². The molecule has 0 saturated carbocycles. The maximum absolute atomic E-state index is 13.3. The van der Waals surface area contributed by atoms with Gasteiger partial charge < -0.3 is 20.9 Å². The number of halogens is 2. The number of rotatable bonds is 8. The first-order valence-electron chi connectivity index (χ1n) is 12.2. The number of nitrogens with two attached hydrogens (primary N) is 1. The van der Waals surface area contributed by atoms with Crippen LogP contribution in [0.4, 0.5) is 5.82 Å². The van der Waals surface area contributed by atoms with Gasteiger partial charge in [0, 0.05) is 35.8 Å². The van der Waals surface area contributed by atoms with Crippen molar-refractivity contribution in [2.75, 3.05) is 30.4 Å². The highest BCUT2D eigenvalue weighted by molar-refractivity contribution is 7.90. The van der Waals surface area contributed by atoms with E-state index in [1.54, 1.807) is 35.2 Å². The monoisotopic (exact) mass is 575 g/mol. The number of H-pyrrole nitrogens is 1. The fourth-order valence-electron chi connectivity index (χ4n) is 4.80. The van der Waals surface area contributed by atoms with Crippen LogP contribution in [0, 0.1) is 0 Å². The van der Waals surface area contributed by atoms with Gasteiger partial charge in [-0.15, -0.1) is 0 Å². The summed E-state index contributed by atoms with van der Waals surface area (Å²) in [6, 6.07) is 8.08. The largest absolute Gasteiger partial charge is 0.359 e. The molecule has 2 aromatic heterocycles. The molecule has 10 nitrogen and oxygen atoms in total. The lowest BCUT2D eigenvalue weighted by Gasteiger charge is -2.24. The molecule has 38 heavy (non-hydrogen) atoms. The highest BCUT2D eigenvalue weighted by Crippen LogP contribution is 2.32. The zero-order valence-electron chi connectivity index (χ0n) is 20.6. The Labute approximate surface area is 229 Å². The summed E-state index contributed by atoms with van der Waals surface area (Å²) in [4.78, 5) is 31.7. The number of likely N-dealkylation sites (tertiary alicyclic amines) is 1. The number of nitrogens with one attached hydrogen (secondary N) is 2. The average molecular weight is 577 g/mol. The molecule has 0 spiro atoms. The molecule has 1 fully saturated rings. The molecular weight excluding hydrogens is 549 g/mol. The number of benzene rings is 2. The number of hydrogen-bond acceptors (Lipinski definition) is 8. The second kappa shape index (κ2) is 10.6. The lowest BCUT2D eigenvalue weighted by molar-refractivity contribution is 0.0741. The summed E-state index contributed by atoms with van der Waals surface area (Å²) < 4.78 is 24.0. The summed E-state index contributed by atoms with van der Waals surface area (Å²) in [5.41, 5.74) is 8.17. The predicted molar refractivity (Wildman–Crippen MR) is 149 cm³/mol. The van der Waals surface area contributed by atoms with Gasteiger partial charge in [0.15, 0.2) is 0 Å². The molecule has 3 heterocycles. The van der Waals surface area contributed by atoms with E-state index in [1.807, 2.05) is 0 Å². The van der Waals surface area contributed by atoms with E-state index in [2.05, 4.69) is 25.3 Å². The van der Waals surface area contributed by atoms with Crippen molar-refractivity contribution in [3.8, 4) is 0 Å². The number of carbonyl (C=O) groups excluding carboxylic acids is 1. The van der Waals surface area contributed by atoms with Gasteiger partial charge in [0.05, 0.1) is 38.9 Å². The Morgan fingerprint density at radius 1 is 1.24 bits per heavy atom. The second-order valence-corrected chi connectivity index (χ2v) is 12.6. The zero-order valence-corrected chi connectivity index (χ0v) is 22.9. The number of hydrogen-bond donors (Lipinski definition) is 3. The topological polar surface area (TPSA) is 147 Å². The number of sulfone groups is 1. The zero-order chi connectivity index (χ0) is 27.0. The average Bonchev–Trinajstić information content (AvgIpc) is 3.52. The van der Waals surface area contributed by atoms with Crippen LogP contribution < -0.4 is 11.1 Å². The first-order valence-corrected chi connectivity index (χ1v) is 15.0. The summed E-state index contributed by atoms with van der Waals surface area (Å²) in [6.45, 7) is 1.03. The fourth-order valence-corrected chi connectivity index (χ4v) is 5.88. The Morgan fingerprint density at radius 3 is 2.82 bits per heavy atom. The predicted octanol–water partition coefficient (Wildman–Crippen LogP) is 3.96. The molecule has 1 aliphatic rings. The summed E-state index contributed by atoms with van der Waals surface area (Å²) >= 11 is 12.7. The Kier molecular flexibility index (Phi) is 7.45. The summed E-state index contributed by atoms with van der Waals surface area (Å²) in [5, 5.41) is 4.74. The maximum atomic E-state index is 13.3. The smallest absolute Gasteiger partial charge is 0.255 e. The molecule has 4 aromatic rings. The molecule has 4 N–H and O–H groups in total. The molecular formula is C25H27Cl2N7O3S. The number of anilines is 1. The minimum absolute atomic E-state index is 0.00816. The van der Waals surface area contributed by atoms with Crippen LogP contribution in [0.3, 0.4) is 0 Å². The van der Waals surface area contributed by atoms with Gasteiger partial charge in [-0.25, -0.2) is 23.4 Å². The van der Waals surface area contributed by atoms with Crippen LogP contribution in [-0.4, -0.2) is 70.3 Å². The third kappa shape index (κ3) is 5.56. The third-order valence-corrected chi connectivity index (χ3v) is 8.27. The number of fused-ring (bicyclic) bond motifs is 2.